The summed E-state index contributed by atoms with van der Waals surface area (Å²) in [5.74, 6) is 1.31. The number of amides is 2. The van der Waals surface area contributed by atoms with Crippen molar-refractivity contribution in [2.75, 3.05) is 26.7 Å². The number of ether oxygens (including phenoxy) is 1. The molecule has 0 atom stereocenters. The maximum absolute atomic E-state index is 12.3. The van der Waals surface area contributed by atoms with Gasteiger partial charge in [-0.1, -0.05) is 48.0 Å². The van der Waals surface area contributed by atoms with E-state index in [9.17, 15) is 4.79 Å². The number of nitrogens with zero attached hydrogens (tertiary/aromatic N) is 2. The van der Waals surface area contributed by atoms with Crippen molar-refractivity contribution >= 4 is 17.6 Å². The monoisotopic (exact) mass is 441 g/mol. The number of carbonyl (C=O) groups is 1. The normalized spacial score (nSPS) is 20.8. The van der Waals surface area contributed by atoms with E-state index in [1.54, 1.807) is 4.90 Å². The van der Waals surface area contributed by atoms with Crippen LogP contribution >= 0.6 is 11.6 Å². The van der Waals surface area contributed by atoms with E-state index < -0.39 is 0 Å². The van der Waals surface area contributed by atoms with Crippen LogP contribution in [0.1, 0.15) is 36.8 Å². The van der Waals surface area contributed by atoms with Gasteiger partial charge in [0.1, 0.15) is 5.75 Å². The predicted octanol–water partition coefficient (Wildman–Crippen LogP) is 4.93. The summed E-state index contributed by atoms with van der Waals surface area (Å²) in [7, 11) is 1.85. The van der Waals surface area contributed by atoms with Crippen molar-refractivity contribution < 1.29 is 9.53 Å². The first-order chi connectivity index (χ1) is 15.1. The second-order valence-corrected chi connectivity index (χ2v) is 9.25. The number of likely N-dealkylation sites (tertiary alicyclic amines) is 1. The average Bonchev–Trinajstić information content (AvgIpc) is 3.26. The lowest BCUT2D eigenvalue weighted by Crippen LogP contribution is -2.44. The minimum absolute atomic E-state index is 0.0337. The van der Waals surface area contributed by atoms with Crippen LogP contribution in [0.15, 0.2) is 48.5 Å². The van der Waals surface area contributed by atoms with Crippen molar-refractivity contribution in [1.29, 1.82) is 0 Å². The number of rotatable bonds is 8. The zero-order valence-corrected chi connectivity index (χ0v) is 19.0. The average molecular weight is 442 g/mol. The van der Waals surface area contributed by atoms with Crippen LogP contribution in [0, 0.1) is 5.92 Å². The molecule has 6 heteroatoms. The Morgan fingerprint density at radius 1 is 1.16 bits per heavy atom. The lowest BCUT2D eigenvalue weighted by atomic mass is 9.82. The number of carbonyl (C=O) groups excluding carboxylic acids is 1. The topological polar surface area (TPSA) is 44.8 Å². The van der Waals surface area contributed by atoms with Crippen LogP contribution < -0.4 is 10.1 Å². The largest absolute Gasteiger partial charge is 0.490 e. The smallest absolute Gasteiger partial charge is 0.317 e. The lowest BCUT2D eigenvalue weighted by Gasteiger charge is -2.37. The molecule has 2 amide bonds. The Labute approximate surface area is 190 Å². The molecule has 0 spiro atoms. The van der Waals surface area contributed by atoms with E-state index in [4.69, 9.17) is 16.3 Å². The Kier molecular flexibility index (Phi) is 7.36. The summed E-state index contributed by atoms with van der Waals surface area (Å²) < 4.78 is 6.12. The third kappa shape index (κ3) is 6.14. The molecule has 5 nitrogen and oxygen atoms in total. The van der Waals surface area contributed by atoms with Crippen molar-refractivity contribution in [3.8, 4) is 5.75 Å². The minimum Gasteiger partial charge on any atom is -0.490 e. The molecular weight excluding hydrogens is 410 g/mol. The third-order valence-electron chi connectivity index (χ3n) is 6.28. The van der Waals surface area contributed by atoms with Gasteiger partial charge in [0.25, 0.3) is 0 Å². The number of nitrogens with one attached hydrogen (secondary N) is 1. The zero-order valence-electron chi connectivity index (χ0n) is 18.2. The maximum atomic E-state index is 12.3. The van der Waals surface area contributed by atoms with E-state index in [0.29, 0.717) is 12.5 Å². The number of halogens is 1. The highest BCUT2D eigenvalue weighted by molar-refractivity contribution is 6.31. The summed E-state index contributed by atoms with van der Waals surface area (Å²) in [5, 5.41) is 3.77. The van der Waals surface area contributed by atoms with Gasteiger partial charge in [0.2, 0.25) is 0 Å². The first kappa shape index (κ1) is 22.0. The van der Waals surface area contributed by atoms with Gasteiger partial charge in [0, 0.05) is 31.7 Å². The van der Waals surface area contributed by atoms with Crippen molar-refractivity contribution in [2.24, 2.45) is 5.92 Å². The van der Waals surface area contributed by atoms with Crippen molar-refractivity contribution in [1.82, 2.24) is 15.1 Å². The van der Waals surface area contributed by atoms with Gasteiger partial charge in [-0.15, -0.1) is 0 Å². The molecule has 2 fully saturated rings. The zero-order chi connectivity index (χ0) is 21.6. The van der Waals surface area contributed by atoms with Gasteiger partial charge in [-0.05, 0) is 68.0 Å². The van der Waals surface area contributed by atoms with E-state index in [0.717, 1.165) is 55.4 Å². The standard InChI is InChI=1S/C25H32ClN3O2/c1-28(25(30)27-16-19-7-3-2-4-8-19)17-20-13-23(14-20)31-22-10-9-21(24(26)15-22)18-29-11-5-6-12-29/h2-4,7-10,15,20,23H,5-6,11-14,16-18H2,1H3,(H,27,30). The molecule has 1 aliphatic heterocycles. The van der Waals surface area contributed by atoms with Gasteiger partial charge in [0.05, 0.1) is 6.10 Å². The van der Waals surface area contributed by atoms with Crippen LogP contribution in [0.5, 0.6) is 5.75 Å². The molecule has 0 unspecified atom stereocenters. The first-order valence-electron chi connectivity index (χ1n) is 11.3. The summed E-state index contributed by atoms with van der Waals surface area (Å²) in [4.78, 5) is 16.5. The highest BCUT2D eigenvalue weighted by atomic mass is 35.5. The van der Waals surface area contributed by atoms with E-state index in [1.807, 2.05) is 49.5 Å². The highest BCUT2D eigenvalue weighted by Crippen LogP contribution is 2.33. The molecule has 1 saturated carbocycles. The van der Waals surface area contributed by atoms with Gasteiger partial charge < -0.3 is 15.0 Å². The highest BCUT2D eigenvalue weighted by Gasteiger charge is 2.32. The molecule has 4 rings (SSSR count). The maximum Gasteiger partial charge on any atom is 0.317 e. The molecule has 0 aromatic heterocycles. The van der Waals surface area contributed by atoms with Gasteiger partial charge in [-0.2, -0.15) is 0 Å². The van der Waals surface area contributed by atoms with Crippen LogP contribution in [0.4, 0.5) is 4.79 Å². The lowest BCUT2D eigenvalue weighted by molar-refractivity contribution is 0.0522. The molecule has 1 saturated heterocycles. The van der Waals surface area contributed by atoms with Gasteiger partial charge in [-0.3, -0.25) is 4.90 Å². The minimum atomic E-state index is -0.0337. The SMILES string of the molecule is CN(CC1CC(Oc2ccc(CN3CCCC3)c(Cl)c2)C1)C(=O)NCc1ccccc1. The van der Waals surface area contributed by atoms with Crippen LogP contribution in [0.3, 0.4) is 0 Å². The van der Waals surface area contributed by atoms with Crippen molar-refractivity contribution in [2.45, 2.75) is 44.9 Å². The van der Waals surface area contributed by atoms with Crippen molar-refractivity contribution in [3.63, 3.8) is 0 Å². The number of urea groups is 1. The summed E-state index contributed by atoms with van der Waals surface area (Å²) in [6.45, 7) is 4.54. The fourth-order valence-electron chi connectivity index (χ4n) is 4.40. The molecule has 2 aliphatic rings. The Morgan fingerprint density at radius 3 is 2.61 bits per heavy atom. The molecule has 0 radical (unpaired) electrons. The molecule has 1 N–H and O–H groups in total. The fourth-order valence-corrected chi connectivity index (χ4v) is 4.63. The molecule has 0 bridgehead atoms. The molecule has 1 aliphatic carbocycles. The van der Waals surface area contributed by atoms with E-state index >= 15 is 0 Å². The number of hydrogen-bond acceptors (Lipinski definition) is 3. The van der Waals surface area contributed by atoms with Crippen LogP contribution in [0.2, 0.25) is 5.02 Å². The number of hydrogen-bond donors (Lipinski definition) is 1. The first-order valence-corrected chi connectivity index (χ1v) is 11.6. The molecule has 31 heavy (non-hydrogen) atoms. The van der Waals surface area contributed by atoms with E-state index in [1.165, 1.54) is 18.4 Å². The molecule has 166 valence electrons. The summed E-state index contributed by atoms with van der Waals surface area (Å²) >= 11 is 6.50. The molecular formula is C25H32ClN3O2. The Balaban J connectivity index is 1.17. The second kappa shape index (κ2) is 10.4. The van der Waals surface area contributed by atoms with Gasteiger partial charge in [-0.25, -0.2) is 4.79 Å². The van der Waals surface area contributed by atoms with Gasteiger partial charge in [0.15, 0.2) is 0 Å². The van der Waals surface area contributed by atoms with Crippen LogP contribution in [-0.2, 0) is 13.1 Å². The predicted molar refractivity (Wildman–Crippen MR) is 124 cm³/mol. The molecule has 2 aromatic carbocycles. The Hall–Kier alpha value is -2.24. The van der Waals surface area contributed by atoms with Crippen LogP contribution in [0.25, 0.3) is 0 Å². The summed E-state index contributed by atoms with van der Waals surface area (Å²) in [5.41, 5.74) is 2.28. The fraction of sp³-hybridized carbons (Fsp3) is 0.480. The summed E-state index contributed by atoms with van der Waals surface area (Å²) in [6, 6.07) is 16.0. The third-order valence-corrected chi connectivity index (χ3v) is 6.63. The summed E-state index contributed by atoms with van der Waals surface area (Å²) in [6.07, 6.45) is 4.69. The molecule has 1 heterocycles. The van der Waals surface area contributed by atoms with Crippen molar-refractivity contribution in [3.05, 3.63) is 64.7 Å². The number of benzene rings is 2. The Bertz CT molecular complexity index is 864. The van der Waals surface area contributed by atoms with E-state index in [2.05, 4.69) is 16.3 Å². The van der Waals surface area contributed by atoms with E-state index in [-0.39, 0.29) is 12.1 Å². The Morgan fingerprint density at radius 2 is 1.90 bits per heavy atom. The van der Waals surface area contributed by atoms with Crippen LogP contribution in [-0.4, -0.2) is 48.6 Å². The molecule has 2 aromatic rings. The second-order valence-electron chi connectivity index (χ2n) is 8.84. The quantitative estimate of drug-likeness (QED) is 0.631. The van der Waals surface area contributed by atoms with Gasteiger partial charge >= 0.3 is 6.03 Å².